The van der Waals surface area contributed by atoms with Gasteiger partial charge < -0.3 is 14.3 Å². The third-order valence-electron chi connectivity index (χ3n) is 7.51. The lowest BCUT2D eigenvalue weighted by Crippen LogP contribution is -2.31. The maximum absolute atomic E-state index is 14.0. The lowest BCUT2D eigenvalue weighted by molar-refractivity contribution is -0.117. The minimum Gasteiger partial charge on any atom is -0.503 e. The van der Waals surface area contributed by atoms with Crippen LogP contribution in [0.2, 0.25) is 0 Å². The molecule has 206 valence electrons. The topological polar surface area (TPSA) is 80.0 Å². The second-order valence-electron chi connectivity index (χ2n) is 12.3. The van der Waals surface area contributed by atoms with E-state index in [-0.39, 0.29) is 22.2 Å². The van der Waals surface area contributed by atoms with Gasteiger partial charge in [-0.15, -0.1) is 0 Å². The molecule has 3 aromatic carbocycles. The molecule has 5 rings (SSSR count). The van der Waals surface area contributed by atoms with E-state index >= 15 is 0 Å². The average molecular weight is 538 g/mol. The van der Waals surface area contributed by atoms with Crippen molar-refractivity contribution in [1.29, 1.82) is 0 Å². The van der Waals surface area contributed by atoms with Crippen LogP contribution in [0.4, 0.5) is 5.69 Å². The molecule has 1 N–H and O–H groups in total. The first kappa shape index (κ1) is 27.3. The van der Waals surface area contributed by atoms with Crippen LogP contribution >= 0.6 is 0 Å². The molecule has 1 atom stereocenters. The minimum absolute atomic E-state index is 0.0218. The number of aliphatic hydroxyl groups is 1. The van der Waals surface area contributed by atoms with E-state index in [9.17, 15) is 14.7 Å². The van der Waals surface area contributed by atoms with Crippen molar-refractivity contribution in [2.45, 2.75) is 58.4 Å². The fourth-order valence-electron chi connectivity index (χ4n) is 5.15. The molecule has 1 aliphatic heterocycles. The van der Waals surface area contributed by atoms with E-state index in [0.717, 1.165) is 11.1 Å². The Kier molecular flexibility index (Phi) is 6.61. The zero-order chi connectivity index (χ0) is 29.0. The van der Waals surface area contributed by atoms with Crippen molar-refractivity contribution in [3.8, 4) is 5.75 Å². The summed E-state index contributed by atoms with van der Waals surface area (Å²) in [6.07, 6.45) is 0. The summed E-state index contributed by atoms with van der Waals surface area (Å²) in [5.41, 5.74) is 3.79. The third kappa shape index (κ3) is 4.68. The van der Waals surface area contributed by atoms with Gasteiger partial charge in [-0.25, -0.2) is 0 Å². The van der Waals surface area contributed by atoms with Crippen LogP contribution in [0.25, 0.3) is 11.0 Å². The lowest BCUT2D eigenvalue weighted by Gasteiger charge is -2.28. The van der Waals surface area contributed by atoms with Crippen LogP contribution < -0.4 is 9.64 Å². The van der Waals surface area contributed by atoms with E-state index in [1.54, 1.807) is 12.1 Å². The first-order chi connectivity index (χ1) is 18.8. The predicted octanol–water partition coefficient (Wildman–Crippen LogP) is 7.82. The number of Topliss-reactive ketones (excluding diaryl/α,β-unsaturated/α-hetero) is 1. The highest BCUT2D eigenvalue weighted by atomic mass is 16.5. The maximum Gasteiger partial charge on any atom is 0.294 e. The summed E-state index contributed by atoms with van der Waals surface area (Å²) in [6, 6.07) is 21.7. The molecule has 0 spiro atoms. The Hall–Kier alpha value is -4.32. The summed E-state index contributed by atoms with van der Waals surface area (Å²) >= 11 is 0. The zero-order valence-electron chi connectivity index (χ0n) is 24.0. The predicted molar refractivity (Wildman–Crippen MR) is 157 cm³/mol. The number of aliphatic hydroxyl groups excluding tert-OH is 1. The zero-order valence-corrected chi connectivity index (χ0v) is 24.0. The molecule has 2 heterocycles. The third-order valence-corrected chi connectivity index (χ3v) is 7.51. The van der Waals surface area contributed by atoms with E-state index in [4.69, 9.17) is 9.15 Å². The first-order valence-corrected chi connectivity index (χ1v) is 13.4. The largest absolute Gasteiger partial charge is 0.503 e. The monoisotopic (exact) mass is 537 g/mol. The SMILES string of the molecule is COc1cccc2cc(C(=O)C3=C(O)C(=O)N(c4ccc(C(C)(C)C)cc4)C3c3ccc(C(C)(C)C)cc3)oc12. The normalized spacial score (nSPS) is 16.2. The van der Waals surface area contributed by atoms with Crippen molar-refractivity contribution in [3.05, 3.63) is 107 Å². The molecule has 40 heavy (non-hydrogen) atoms. The van der Waals surface area contributed by atoms with Crippen LogP contribution in [0.1, 0.15) is 74.8 Å². The number of ether oxygens (including phenoxy) is 1. The number of rotatable bonds is 5. The highest BCUT2D eigenvalue weighted by molar-refractivity contribution is 6.20. The molecule has 1 amide bonds. The molecule has 1 aliphatic rings. The van der Waals surface area contributed by atoms with Gasteiger partial charge in [0.2, 0.25) is 5.78 Å². The molecule has 1 unspecified atom stereocenters. The Morgan fingerprint density at radius 3 is 2.00 bits per heavy atom. The van der Waals surface area contributed by atoms with Crippen LogP contribution in [-0.2, 0) is 15.6 Å². The lowest BCUT2D eigenvalue weighted by atomic mass is 9.85. The Balaban J connectivity index is 1.64. The summed E-state index contributed by atoms with van der Waals surface area (Å²) in [5.74, 6) is -1.25. The van der Waals surface area contributed by atoms with Gasteiger partial charge in [0.15, 0.2) is 22.9 Å². The Morgan fingerprint density at radius 1 is 0.875 bits per heavy atom. The van der Waals surface area contributed by atoms with Crippen molar-refractivity contribution in [3.63, 3.8) is 0 Å². The maximum atomic E-state index is 14.0. The molecular weight excluding hydrogens is 502 g/mol. The molecule has 0 saturated heterocycles. The number of anilines is 1. The van der Waals surface area contributed by atoms with Gasteiger partial charge in [-0.2, -0.15) is 0 Å². The van der Waals surface area contributed by atoms with Gasteiger partial charge in [-0.05, 0) is 51.8 Å². The first-order valence-electron chi connectivity index (χ1n) is 13.4. The number of nitrogens with zero attached hydrogens (tertiary/aromatic N) is 1. The van der Waals surface area contributed by atoms with Crippen LogP contribution in [-0.4, -0.2) is 23.9 Å². The molecule has 6 heteroatoms. The van der Waals surface area contributed by atoms with Gasteiger partial charge in [0, 0.05) is 11.1 Å². The molecule has 0 aliphatic carbocycles. The number of methoxy groups -OCH3 is 1. The van der Waals surface area contributed by atoms with Gasteiger partial charge in [0.1, 0.15) is 0 Å². The van der Waals surface area contributed by atoms with E-state index in [2.05, 4.69) is 41.5 Å². The number of fused-ring (bicyclic) bond motifs is 1. The number of hydrogen-bond acceptors (Lipinski definition) is 5. The Bertz CT molecular complexity index is 1630. The molecule has 1 aromatic heterocycles. The number of furan rings is 1. The molecule has 0 saturated carbocycles. The quantitative estimate of drug-likeness (QED) is 0.263. The molecule has 6 nitrogen and oxygen atoms in total. The number of carbonyl (C=O) groups excluding carboxylic acids is 2. The minimum atomic E-state index is -0.843. The van der Waals surface area contributed by atoms with Crippen molar-refractivity contribution in [2.24, 2.45) is 0 Å². The van der Waals surface area contributed by atoms with Gasteiger partial charge in [0.25, 0.3) is 5.91 Å². The van der Waals surface area contributed by atoms with Crippen LogP contribution in [0.3, 0.4) is 0 Å². The molecule has 0 fully saturated rings. The van der Waals surface area contributed by atoms with Crippen molar-refractivity contribution in [2.75, 3.05) is 12.0 Å². The van der Waals surface area contributed by atoms with Gasteiger partial charge in [0.05, 0.1) is 18.7 Å². The molecule has 0 radical (unpaired) electrons. The highest BCUT2D eigenvalue weighted by Crippen LogP contribution is 2.43. The van der Waals surface area contributed by atoms with Gasteiger partial charge in [-0.1, -0.05) is 90.1 Å². The summed E-state index contributed by atoms with van der Waals surface area (Å²) in [4.78, 5) is 29.1. The number of carbonyl (C=O) groups is 2. The summed E-state index contributed by atoms with van der Waals surface area (Å²) in [7, 11) is 1.53. The fourth-order valence-corrected chi connectivity index (χ4v) is 5.15. The number of hydrogen-bond donors (Lipinski definition) is 1. The molecule has 4 aromatic rings. The summed E-state index contributed by atoms with van der Waals surface area (Å²) < 4.78 is 11.3. The number of para-hydroxylation sites is 1. The molecular formula is C34H35NO5. The second-order valence-corrected chi connectivity index (χ2v) is 12.3. The van der Waals surface area contributed by atoms with E-state index in [1.165, 1.54) is 12.0 Å². The number of benzene rings is 3. The summed E-state index contributed by atoms with van der Waals surface area (Å²) in [5, 5.41) is 11.9. The van der Waals surface area contributed by atoms with E-state index < -0.39 is 23.5 Å². The molecule has 0 bridgehead atoms. The van der Waals surface area contributed by atoms with Crippen molar-refractivity contribution < 1.29 is 23.8 Å². The average Bonchev–Trinajstić information content (AvgIpc) is 3.46. The van der Waals surface area contributed by atoms with Crippen molar-refractivity contribution in [1.82, 2.24) is 0 Å². The fraction of sp³-hybridized carbons (Fsp3) is 0.294. The van der Waals surface area contributed by atoms with Gasteiger partial charge in [-0.3, -0.25) is 14.5 Å². The standard InChI is InChI=1S/C34H35NO5/c1-33(2,3)22-13-11-20(12-14-22)28-27(29(36)26-19-21-9-8-10-25(39-7)31(21)40-26)30(37)32(38)35(28)24-17-15-23(16-18-24)34(4,5)6/h8-19,28,37H,1-7H3. The smallest absolute Gasteiger partial charge is 0.294 e. The Morgan fingerprint density at radius 2 is 1.45 bits per heavy atom. The van der Waals surface area contributed by atoms with Crippen LogP contribution in [0.5, 0.6) is 5.75 Å². The van der Waals surface area contributed by atoms with Crippen molar-refractivity contribution >= 4 is 28.3 Å². The summed E-state index contributed by atoms with van der Waals surface area (Å²) in [6.45, 7) is 12.7. The number of amides is 1. The van der Waals surface area contributed by atoms with Gasteiger partial charge >= 0.3 is 0 Å². The highest BCUT2D eigenvalue weighted by Gasteiger charge is 2.45. The number of ketones is 1. The van der Waals surface area contributed by atoms with Crippen LogP contribution in [0.15, 0.2) is 88.5 Å². The second kappa shape index (κ2) is 9.70. The van der Waals surface area contributed by atoms with E-state index in [0.29, 0.717) is 28.0 Å². The Labute approximate surface area is 234 Å². The van der Waals surface area contributed by atoms with E-state index in [1.807, 2.05) is 60.7 Å². The van der Waals surface area contributed by atoms with Crippen LogP contribution in [0, 0.1) is 0 Å².